The van der Waals surface area contributed by atoms with Crippen molar-refractivity contribution < 1.29 is 4.74 Å². The van der Waals surface area contributed by atoms with Gasteiger partial charge in [0.25, 0.3) is 0 Å². The second-order valence-electron chi connectivity index (χ2n) is 6.00. The standard InChI is InChI=1S/C15H26N4O/c1-3-8-19-13(6-7-17-19)15-14(11-16-12-4-5-12)20-10-9-18(15)2/h6-7,12,14-16H,3-5,8-11H2,1-2H3. The molecule has 2 unspecified atom stereocenters. The normalized spacial score (nSPS) is 27.9. The zero-order chi connectivity index (χ0) is 13.9. The third kappa shape index (κ3) is 3.05. The molecule has 2 heterocycles. The molecule has 0 radical (unpaired) electrons. The number of hydrogen-bond donors (Lipinski definition) is 1. The first-order chi connectivity index (χ1) is 9.79. The molecule has 3 rings (SSSR count). The molecule has 1 N–H and O–H groups in total. The second kappa shape index (κ2) is 6.24. The lowest BCUT2D eigenvalue weighted by molar-refractivity contribution is -0.0641. The second-order valence-corrected chi connectivity index (χ2v) is 6.00. The molecule has 0 bridgehead atoms. The number of morpholine rings is 1. The summed E-state index contributed by atoms with van der Waals surface area (Å²) in [5, 5.41) is 8.08. The molecule has 1 aliphatic carbocycles. The summed E-state index contributed by atoms with van der Waals surface area (Å²) in [5.74, 6) is 0. The fraction of sp³-hybridized carbons (Fsp3) is 0.800. The van der Waals surface area contributed by atoms with Crippen LogP contribution in [0.25, 0.3) is 0 Å². The van der Waals surface area contributed by atoms with Gasteiger partial charge in [-0.15, -0.1) is 0 Å². The van der Waals surface area contributed by atoms with Crippen molar-refractivity contribution >= 4 is 0 Å². The average molecular weight is 278 g/mol. The Morgan fingerprint density at radius 1 is 1.45 bits per heavy atom. The van der Waals surface area contributed by atoms with Gasteiger partial charge in [-0.1, -0.05) is 6.92 Å². The lowest BCUT2D eigenvalue weighted by Crippen LogP contribution is -2.48. The molecule has 2 aliphatic rings. The lowest BCUT2D eigenvalue weighted by Gasteiger charge is -2.39. The minimum Gasteiger partial charge on any atom is -0.374 e. The van der Waals surface area contributed by atoms with Gasteiger partial charge in [-0.3, -0.25) is 9.58 Å². The zero-order valence-electron chi connectivity index (χ0n) is 12.6. The Morgan fingerprint density at radius 2 is 2.30 bits per heavy atom. The van der Waals surface area contributed by atoms with Crippen LogP contribution in [0.1, 0.15) is 37.9 Å². The van der Waals surface area contributed by atoms with Crippen LogP contribution in [0.4, 0.5) is 0 Å². The van der Waals surface area contributed by atoms with Gasteiger partial charge in [-0.2, -0.15) is 5.10 Å². The summed E-state index contributed by atoms with van der Waals surface area (Å²) in [6.45, 7) is 5.93. The minimum atomic E-state index is 0.224. The Hall–Kier alpha value is -0.910. The van der Waals surface area contributed by atoms with E-state index in [1.165, 1.54) is 18.5 Å². The first kappa shape index (κ1) is 14.0. The van der Waals surface area contributed by atoms with Gasteiger partial charge in [-0.25, -0.2) is 0 Å². The molecular formula is C15H26N4O. The predicted octanol–water partition coefficient (Wildman–Crippen LogP) is 1.42. The molecule has 20 heavy (non-hydrogen) atoms. The highest BCUT2D eigenvalue weighted by molar-refractivity contribution is 5.11. The average Bonchev–Trinajstić information content (AvgIpc) is 3.17. The number of aromatic nitrogens is 2. The molecule has 2 fully saturated rings. The smallest absolute Gasteiger partial charge is 0.0911 e. The largest absolute Gasteiger partial charge is 0.374 e. The quantitative estimate of drug-likeness (QED) is 0.854. The Labute approximate surface area is 121 Å². The van der Waals surface area contributed by atoms with E-state index in [2.05, 4.69) is 40.0 Å². The zero-order valence-corrected chi connectivity index (χ0v) is 12.6. The van der Waals surface area contributed by atoms with Crippen LogP contribution in [0.2, 0.25) is 0 Å². The molecular weight excluding hydrogens is 252 g/mol. The van der Waals surface area contributed by atoms with Gasteiger partial charge in [0.1, 0.15) is 0 Å². The van der Waals surface area contributed by atoms with E-state index in [4.69, 9.17) is 4.74 Å². The first-order valence-corrected chi connectivity index (χ1v) is 7.86. The van der Waals surface area contributed by atoms with Crippen molar-refractivity contribution in [3.05, 3.63) is 18.0 Å². The maximum atomic E-state index is 6.05. The van der Waals surface area contributed by atoms with Crippen molar-refractivity contribution in [3.63, 3.8) is 0 Å². The molecule has 0 aromatic carbocycles. The van der Waals surface area contributed by atoms with Gasteiger partial charge in [-0.05, 0) is 32.4 Å². The van der Waals surface area contributed by atoms with E-state index in [0.717, 1.165) is 38.7 Å². The molecule has 5 nitrogen and oxygen atoms in total. The molecule has 1 aromatic rings. The van der Waals surface area contributed by atoms with Gasteiger partial charge in [0.05, 0.1) is 24.4 Å². The van der Waals surface area contributed by atoms with Gasteiger partial charge in [0.15, 0.2) is 0 Å². The van der Waals surface area contributed by atoms with Crippen LogP contribution >= 0.6 is 0 Å². The molecule has 1 saturated carbocycles. The molecule has 1 saturated heterocycles. The summed E-state index contributed by atoms with van der Waals surface area (Å²) in [4.78, 5) is 2.41. The highest BCUT2D eigenvalue weighted by Gasteiger charge is 2.34. The molecule has 2 atom stereocenters. The number of nitrogens with zero attached hydrogens (tertiary/aromatic N) is 3. The maximum Gasteiger partial charge on any atom is 0.0911 e. The summed E-state index contributed by atoms with van der Waals surface area (Å²) < 4.78 is 8.19. The summed E-state index contributed by atoms with van der Waals surface area (Å²) in [6.07, 6.45) is 5.89. The van der Waals surface area contributed by atoms with Crippen LogP contribution in [0.5, 0.6) is 0 Å². The van der Waals surface area contributed by atoms with Crippen molar-refractivity contribution in [2.24, 2.45) is 0 Å². The summed E-state index contributed by atoms with van der Waals surface area (Å²) in [7, 11) is 2.20. The van der Waals surface area contributed by atoms with Crippen LogP contribution in [0.15, 0.2) is 12.3 Å². The third-order valence-corrected chi connectivity index (χ3v) is 4.28. The molecule has 0 amide bonds. The fourth-order valence-corrected chi connectivity index (χ4v) is 3.01. The Kier molecular flexibility index (Phi) is 4.38. The van der Waals surface area contributed by atoms with Gasteiger partial charge >= 0.3 is 0 Å². The highest BCUT2D eigenvalue weighted by atomic mass is 16.5. The van der Waals surface area contributed by atoms with Crippen LogP contribution in [0, 0.1) is 0 Å². The van der Waals surface area contributed by atoms with E-state index in [1.54, 1.807) is 0 Å². The van der Waals surface area contributed by atoms with Crippen molar-refractivity contribution in [3.8, 4) is 0 Å². The Morgan fingerprint density at radius 3 is 3.05 bits per heavy atom. The van der Waals surface area contributed by atoms with E-state index >= 15 is 0 Å². The van der Waals surface area contributed by atoms with Crippen LogP contribution < -0.4 is 5.32 Å². The number of aryl methyl sites for hydroxylation is 1. The SMILES string of the molecule is CCCn1nccc1C1C(CNC2CC2)OCCN1C. The summed E-state index contributed by atoms with van der Waals surface area (Å²) in [6, 6.07) is 3.19. The monoisotopic (exact) mass is 278 g/mol. The van der Waals surface area contributed by atoms with E-state index in [1.807, 2.05) is 6.20 Å². The van der Waals surface area contributed by atoms with Crippen molar-refractivity contribution in [1.82, 2.24) is 20.0 Å². The van der Waals surface area contributed by atoms with Gasteiger partial charge in [0.2, 0.25) is 0 Å². The first-order valence-electron chi connectivity index (χ1n) is 7.86. The number of likely N-dealkylation sites (N-methyl/N-ethyl adjacent to an activating group) is 1. The van der Waals surface area contributed by atoms with Crippen molar-refractivity contribution in [2.75, 3.05) is 26.7 Å². The van der Waals surface area contributed by atoms with Crippen LogP contribution in [0.3, 0.4) is 0 Å². The van der Waals surface area contributed by atoms with E-state index in [9.17, 15) is 0 Å². The number of ether oxygens (including phenoxy) is 1. The molecule has 112 valence electrons. The Balaban J connectivity index is 1.75. The highest BCUT2D eigenvalue weighted by Crippen LogP contribution is 2.29. The lowest BCUT2D eigenvalue weighted by atomic mass is 10.0. The summed E-state index contributed by atoms with van der Waals surface area (Å²) >= 11 is 0. The van der Waals surface area contributed by atoms with Crippen molar-refractivity contribution in [2.45, 2.75) is 50.9 Å². The van der Waals surface area contributed by atoms with E-state index in [0.29, 0.717) is 6.04 Å². The van der Waals surface area contributed by atoms with Crippen molar-refractivity contribution in [1.29, 1.82) is 0 Å². The summed E-state index contributed by atoms with van der Waals surface area (Å²) in [5.41, 5.74) is 1.29. The van der Waals surface area contributed by atoms with Gasteiger partial charge in [0, 0.05) is 31.9 Å². The maximum absolute atomic E-state index is 6.05. The molecule has 0 spiro atoms. The minimum absolute atomic E-state index is 0.224. The number of rotatable bonds is 6. The predicted molar refractivity (Wildman–Crippen MR) is 78.7 cm³/mol. The number of hydrogen-bond acceptors (Lipinski definition) is 4. The molecule has 1 aromatic heterocycles. The molecule has 1 aliphatic heterocycles. The molecule has 5 heteroatoms. The topological polar surface area (TPSA) is 42.3 Å². The van der Waals surface area contributed by atoms with Crippen LogP contribution in [-0.2, 0) is 11.3 Å². The van der Waals surface area contributed by atoms with E-state index < -0.39 is 0 Å². The Bertz CT molecular complexity index is 429. The van der Waals surface area contributed by atoms with E-state index in [-0.39, 0.29) is 6.10 Å². The third-order valence-electron chi connectivity index (χ3n) is 4.28. The number of nitrogens with one attached hydrogen (secondary N) is 1. The van der Waals surface area contributed by atoms with Gasteiger partial charge < -0.3 is 10.1 Å². The van der Waals surface area contributed by atoms with Crippen LogP contribution in [-0.4, -0.2) is 53.6 Å². The fourth-order valence-electron chi connectivity index (χ4n) is 3.01.